The molecule has 0 fully saturated rings. The fourth-order valence-electron chi connectivity index (χ4n) is 2.67. The van der Waals surface area contributed by atoms with E-state index < -0.39 is 7.05 Å². The Hall–Kier alpha value is -1.46. The molecule has 0 radical (unpaired) electrons. The second kappa shape index (κ2) is 12.1. The maximum absolute atomic E-state index is 5.27. The Labute approximate surface area is 177 Å². The molecular weight excluding hydrogens is 434 g/mol. The number of hydrogen-bond acceptors (Lipinski definition) is 0. The van der Waals surface area contributed by atoms with E-state index in [1.807, 2.05) is 0 Å². The minimum Gasteiger partial charge on any atom is -1.00 e. The molecule has 0 saturated heterocycles. The van der Waals surface area contributed by atoms with Crippen molar-refractivity contribution in [1.29, 1.82) is 0 Å². The fraction of sp³-hybridized carbons (Fsp3) is 0.182. The third kappa shape index (κ3) is 5.76. The van der Waals surface area contributed by atoms with Gasteiger partial charge in [0.05, 0.1) is 15.9 Å². The first kappa shape index (κ1) is 25.5. The highest BCUT2D eigenvalue weighted by Gasteiger charge is 2.37. The molecule has 0 aromatic heterocycles. The van der Waals surface area contributed by atoms with Gasteiger partial charge in [0.15, 0.2) is 0 Å². The van der Waals surface area contributed by atoms with Crippen molar-refractivity contribution in [1.82, 2.24) is 8.84 Å². The van der Waals surface area contributed by atoms with Crippen LogP contribution in [0.3, 0.4) is 0 Å². The standard InChI is InChI=1S/C20H21N2P2.2CH4.BrH/c1-22(2)23-21-24(18-12-6-3-7-13-18,19-14-8-4-9-15-19)20-16-10-5-11-17-20;;;/h3-17H,1-2H3;2*1H4;1H/q+1;;;/p-1. The van der Waals surface area contributed by atoms with Crippen molar-refractivity contribution in [2.24, 2.45) is 0 Å². The van der Waals surface area contributed by atoms with Crippen LogP contribution >= 0.6 is 15.6 Å². The summed E-state index contributed by atoms with van der Waals surface area (Å²) in [7, 11) is 3.05. The van der Waals surface area contributed by atoms with Crippen LogP contribution in [0, 0.1) is 0 Å². The van der Waals surface area contributed by atoms with Crippen LogP contribution in [0.5, 0.6) is 0 Å². The van der Waals surface area contributed by atoms with Gasteiger partial charge in [-0.25, -0.2) is 0 Å². The van der Waals surface area contributed by atoms with Crippen LogP contribution in [-0.4, -0.2) is 18.8 Å². The fourth-order valence-corrected chi connectivity index (χ4v) is 7.74. The number of rotatable bonds is 4. The van der Waals surface area contributed by atoms with Gasteiger partial charge >= 0.3 is 15.6 Å². The number of hydrogen-bond donors (Lipinski definition) is 0. The molecule has 5 heteroatoms. The van der Waals surface area contributed by atoms with Gasteiger partial charge in [0, 0.05) is 14.1 Å². The molecule has 0 amide bonds. The van der Waals surface area contributed by atoms with E-state index in [-0.39, 0.29) is 31.8 Å². The van der Waals surface area contributed by atoms with Gasteiger partial charge in [-0.1, -0.05) is 73.6 Å². The van der Waals surface area contributed by atoms with Crippen LogP contribution in [0.15, 0.2) is 91.0 Å². The van der Waals surface area contributed by atoms with Crippen LogP contribution < -0.4 is 37.1 Å². The SMILES string of the molecule is C.C.CN(C)P=[N+]=P(c1ccccc1)(c1ccccc1)c1ccccc1.[Br-]. The summed E-state index contributed by atoms with van der Waals surface area (Å²) in [6.45, 7) is 0. The molecule has 27 heavy (non-hydrogen) atoms. The minimum absolute atomic E-state index is 0. The summed E-state index contributed by atoms with van der Waals surface area (Å²) in [6.07, 6.45) is 0. The molecule has 0 bridgehead atoms. The van der Waals surface area contributed by atoms with Crippen molar-refractivity contribution < 1.29 is 17.0 Å². The summed E-state index contributed by atoms with van der Waals surface area (Å²) in [6, 6.07) is 32.1. The Balaban J connectivity index is 0.00000225. The highest BCUT2D eigenvalue weighted by Crippen LogP contribution is 2.42. The first-order valence-corrected chi connectivity index (χ1v) is 10.4. The van der Waals surface area contributed by atoms with Crippen molar-refractivity contribution in [3.8, 4) is 0 Å². The lowest BCUT2D eigenvalue weighted by atomic mass is 10.4. The second-order valence-electron chi connectivity index (χ2n) is 5.67. The molecule has 0 heterocycles. The summed E-state index contributed by atoms with van der Waals surface area (Å²) in [5.41, 5.74) is 0. The zero-order valence-electron chi connectivity index (χ0n) is 14.3. The van der Waals surface area contributed by atoms with E-state index in [2.05, 4.69) is 110 Å². The van der Waals surface area contributed by atoms with E-state index in [4.69, 9.17) is 4.17 Å². The van der Waals surface area contributed by atoms with Crippen LogP contribution in [0.1, 0.15) is 14.9 Å². The summed E-state index contributed by atoms with van der Waals surface area (Å²) < 4.78 is 7.38. The Kier molecular flexibility index (Phi) is 11.4. The molecule has 3 rings (SSSR count). The second-order valence-corrected chi connectivity index (χ2v) is 10.2. The van der Waals surface area contributed by atoms with Crippen LogP contribution in [-0.2, 0) is 0 Å². The van der Waals surface area contributed by atoms with Crippen molar-refractivity contribution >= 4 is 31.5 Å². The molecule has 0 unspecified atom stereocenters. The van der Waals surface area contributed by atoms with Crippen molar-refractivity contribution in [3.05, 3.63) is 91.0 Å². The summed E-state index contributed by atoms with van der Waals surface area (Å²) in [4.78, 5) is 0. The van der Waals surface area contributed by atoms with Gasteiger partial charge in [-0.05, 0) is 36.4 Å². The first-order valence-electron chi connectivity index (χ1n) is 7.90. The largest absolute Gasteiger partial charge is 1.00 e. The zero-order chi connectivity index (χ0) is 16.8. The number of benzene rings is 3. The van der Waals surface area contributed by atoms with Crippen molar-refractivity contribution in [2.75, 3.05) is 14.1 Å². The smallest absolute Gasteiger partial charge is 0.451 e. The molecule has 0 aliphatic heterocycles. The highest BCUT2D eigenvalue weighted by atomic mass is 79.9. The molecule has 0 atom stereocenters. The van der Waals surface area contributed by atoms with Crippen molar-refractivity contribution in [3.63, 3.8) is 0 Å². The van der Waals surface area contributed by atoms with E-state index in [0.29, 0.717) is 0 Å². The lowest BCUT2D eigenvalue weighted by molar-refractivity contribution is -0.00000562. The van der Waals surface area contributed by atoms with E-state index >= 15 is 0 Å². The lowest BCUT2D eigenvalue weighted by Gasteiger charge is -2.14. The number of nitrogens with zero attached hydrogens (tertiary/aromatic N) is 2. The third-order valence-corrected chi connectivity index (χ3v) is 8.63. The van der Waals surface area contributed by atoms with E-state index in [1.54, 1.807) is 0 Å². The molecular formula is C22H29BrN2P2. The maximum atomic E-state index is 5.27. The summed E-state index contributed by atoms with van der Waals surface area (Å²) in [5, 5.41) is 3.87. The van der Waals surface area contributed by atoms with E-state index in [9.17, 15) is 0 Å². The van der Waals surface area contributed by atoms with Gasteiger partial charge in [-0.3, -0.25) is 0 Å². The van der Waals surface area contributed by atoms with Crippen LogP contribution in [0.2, 0.25) is 0 Å². The van der Waals surface area contributed by atoms with E-state index in [0.717, 1.165) is 8.52 Å². The van der Waals surface area contributed by atoms with Gasteiger partial charge in [-0.15, -0.1) is 0 Å². The maximum Gasteiger partial charge on any atom is 0.451 e. The molecule has 3 aromatic rings. The van der Waals surface area contributed by atoms with Gasteiger partial charge in [0.25, 0.3) is 0 Å². The highest BCUT2D eigenvalue weighted by molar-refractivity contribution is 7.87. The predicted octanol–water partition coefficient (Wildman–Crippen LogP) is 2.11. The van der Waals surface area contributed by atoms with Crippen LogP contribution in [0.4, 0.5) is 0 Å². The Morgan fingerprint density at radius 1 is 0.630 bits per heavy atom. The molecule has 0 N–H and O–H groups in total. The molecule has 3 aromatic carbocycles. The summed E-state index contributed by atoms with van der Waals surface area (Å²) >= 11 is 0. The molecule has 0 spiro atoms. The third-order valence-electron chi connectivity index (χ3n) is 3.74. The van der Waals surface area contributed by atoms with Crippen LogP contribution in [0.25, 0.3) is 0 Å². The van der Waals surface area contributed by atoms with E-state index in [1.165, 1.54) is 15.9 Å². The molecule has 0 aliphatic rings. The Morgan fingerprint density at radius 3 is 1.19 bits per heavy atom. The normalized spacial score (nSPS) is 10.2. The van der Waals surface area contributed by atoms with Gasteiger partial charge in [0.1, 0.15) is 0 Å². The topological polar surface area (TPSA) is 17.3 Å². The minimum atomic E-state index is -2.04. The van der Waals surface area contributed by atoms with Crippen molar-refractivity contribution in [2.45, 2.75) is 14.9 Å². The van der Waals surface area contributed by atoms with Gasteiger partial charge in [0.2, 0.25) is 0 Å². The molecule has 2 nitrogen and oxygen atoms in total. The monoisotopic (exact) mass is 462 g/mol. The average molecular weight is 463 g/mol. The predicted molar refractivity (Wildman–Crippen MR) is 121 cm³/mol. The van der Waals surface area contributed by atoms with Gasteiger partial charge in [-0.2, -0.15) is 4.67 Å². The zero-order valence-corrected chi connectivity index (χ0v) is 17.7. The molecule has 0 aliphatic carbocycles. The summed E-state index contributed by atoms with van der Waals surface area (Å²) in [5.74, 6) is 0. The first-order chi connectivity index (χ1) is 11.7. The quantitative estimate of drug-likeness (QED) is 0.428. The van der Waals surface area contributed by atoms with Gasteiger partial charge < -0.3 is 17.0 Å². The number of halogens is 1. The average Bonchev–Trinajstić information content (AvgIpc) is 2.65. The lowest BCUT2D eigenvalue weighted by Crippen LogP contribution is -3.00. The Bertz CT molecular complexity index is 773. The Morgan fingerprint density at radius 2 is 0.926 bits per heavy atom. The molecule has 0 saturated carbocycles. The molecule has 144 valence electrons.